The maximum absolute atomic E-state index is 13.3. The summed E-state index contributed by atoms with van der Waals surface area (Å²) in [5.41, 5.74) is 1.84. The maximum atomic E-state index is 13.3. The summed E-state index contributed by atoms with van der Waals surface area (Å²) in [4.78, 5) is 12.4. The number of carbonyl (C=O) groups excluding carboxylic acids is 1. The van der Waals surface area contributed by atoms with Gasteiger partial charge in [0.1, 0.15) is 0 Å². The van der Waals surface area contributed by atoms with Crippen molar-refractivity contribution >= 4 is 18.9 Å². The van der Waals surface area contributed by atoms with E-state index in [0.717, 1.165) is 24.0 Å². The van der Waals surface area contributed by atoms with Gasteiger partial charge in [0.15, 0.2) is 0 Å². The normalized spacial score (nSPS) is 15.5. The van der Waals surface area contributed by atoms with Gasteiger partial charge in [0.2, 0.25) is 0 Å². The highest BCUT2D eigenvalue weighted by atomic mass is 31.2. The Bertz CT molecular complexity index is 902. The zero-order valence-corrected chi connectivity index (χ0v) is 21.8. The Morgan fingerprint density at radius 3 is 1.91 bits per heavy atom. The fourth-order valence-corrected chi connectivity index (χ4v) is 6.08. The summed E-state index contributed by atoms with van der Waals surface area (Å²) in [7, 11) is -1.94. The zero-order chi connectivity index (χ0) is 24.5. The summed E-state index contributed by atoms with van der Waals surface area (Å²) >= 11 is 0. The number of hydrogen-bond donors (Lipinski definition) is 0. The second-order valence-electron chi connectivity index (χ2n) is 8.67. The second kappa shape index (κ2) is 12.5. The maximum Gasteiger partial charge on any atom is 0.361 e. The molecule has 0 aliphatic rings. The highest BCUT2D eigenvalue weighted by molar-refractivity contribution is 7.62. The van der Waals surface area contributed by atoms with Crippen LogP contribution in [-0.2, 0) is 28.6 Å². The van der Waals surface area contributed by atoms with Gasteiger partial charge in [-0.3, -0.25) is 9.36 Å². The molecule has 0 N–H and O–H groups in total. The average molecular weight is 475 g/mol. The number of esters is 1. The standard InChI is InChI=1S/C27H39O5P/c1-7-21(4)19-27(20-22(5)26(28)30-6,23-13-11-10-12-14-23)24-15-17-25(18-16-24)33(29,31-8-2)32-9-3/h10-18,21-22H,7-9,19-20H2,1-6H3. The molecule has 3 atom stereocenters. The third-order valence-corrected chi connectivity index (χ3v) is 8.44. The van der Waals surface area contributed by atoms with Crippen LogP contribution in [0.2, 0.25) is 0 Å². The van der Waals surface area contributed by atoms with E-state index in [4.69, 9.17) is 13.8 Å². The molecule has 33 heavy (non-hydrogen) atoms. The number of methoxy groups -OCH3 is 1. The highest BCUT2D eigenvalue weighted by Gasteiger charge is 2.39. The van der Waals surface area contributed by atoms with Gasteiger partial charge in [-0.2, -0.15) is 0 Å². The lowest BCUT2D eigenvalue weighted by Gasteiger charge is -2.39. The van der Waals surface area contributed by atoms with Crippen molar-refractivity contribution in [1.29, 1.82) is 0 Å². The first-order chi connectivity index (χ1) is 15.8. The van der Waals surface area contributed by atoms with E-state index < -0.39 is 13.0 Å². The molecule has 0 aliphatic carbocycles. The van der Waals surface area contributed by atoms with Gasteiger partial charge < -0.3 is 13.8 Å². The summed E-state index contributed by atoms with van der Waals surface area (Å²) in [5, 5.41) is 0.543. The van der Waals surface area contributed by atoms with Crippen molar-refractivity contribution in [3.05, 3.63) is 65.7 Å². The summed E-state index contributed by atoms with van der Waals surface area (Å²) in [5.74, 6) is -0.0576. The Kier molecular flexibility index (Phi) is 10.3. The van der Waals surface area contributed by atoms with Crippen LogP contribution in [0.4, 0.5) is 0 Å². The monoisotopic (exact) mass is 474 g/mol. The molecule has 182 valence electrons. The van der Waals surface area contributed by atoms with Gasteiger partial charge in [0, 0.05) is 5.41 Å². The van der Waals surface area contributed by atoms with Crippen LogP contribution in [0.3, 0.4) is 0 Å². The lowest BCUT2D eigenvalue weighted by Crippen LogP contribution is -2.34. The van der Waals surface area contributed by atoms with E-state index in [0.29, 0.717) is 30.9 Å². The van der Waals surface area contributed by atoms with Crippen LogP contribution in [0, 0.1) is 11.8 Å². The van der Waals surface area contributed by atoms with Gasteiger partial charge >= 0.3 is 13.6 Å². The second-order valence-corrected chi connectivity index (χ2v) is 10.7. The Morgan fingerprint density at radius 2 is 1.42 bits per heavy atom. The first-order valence-electron chi connectivity index (χ1n) is 11.9. The lowest BCUT2D eigenvalue weighted by molar-refractivity contribution is -0.145. The predicted octanol–water partition coefficient (Wildman–Crippen LogP) is 6.50. The smallest absolute Gasteiger partial charge is 0.361 e. The largest absolute Gasteiger partial charge is 0.469 e. The Labute approximate surface area is 199 Å². The van der Waals surface area contributed by atoms with Gasteiger partial charge in [-0.25, -0.2) is 0 Å². The fourth-order valence-electron chi connectivity index (χ4n) is 4.51. The van der Waals surface area contributed by atoms with Gasteiger partial charge in [-0.05, 0) is 55.9 Å². The number of rotatable bonds is 13. The van der Waals surface area contributed by atoms with Crippen molar-refractivity contribution in [3.8, 4) is 0 Å². The molecule has 0 saturated carbocycles. The minimum Gasteiger partial charge on any atom is -0.469 e. The molecule has 3 unspecified atom stereocenters. The predicted molar refractivity (Wildman–Crippen MR) is 134 cm³/mol. The van der Waals surface area contributed by atoms with Crippen LogP contribution in [0.5, 0.6) is 0 Å². The Balaban J connectivity index is 2.65. The molecule has 2 aromatic rings. The topological polar surface area (TPSA) is 61.8 Å². The summed E-state index contributed by atoms with van der Waals surface area (Å²) in [6.07, 6.45) is 2.52. The molecule has 0 fully saturated rings. The molecule has 0 spiro atoms. The summed E-state index contributed by atoms with van der Waals surface area (Å²) < 4.78 is 29.4. The molecule has 2 rings (SSSR count). The molecule has 6 heteroatoms. The fraction of sp³-hybridized carbons (Fsp3) is 0.519. The van der Waals surface area contributed by atoms with Crippen molar-refractivity contribution in [2.24, 2.45) is 11.8 Å². The van der Waals surface area contributed by atoms with E-state index in [1.165, 1.54) is 7.11 Å². The molecule has 0 amide bonds. The van der Waals surface area contributed by atoms with Gasteiger partial charge in [0.25, 0.3) is 0 Å². The van der Waals surface area contributed by atoms with Crippen LogP contribution in [0.25, 0.3) is 0 Å². The average Bonchev–Trinajstić information content (AvgIpc) is 2.83. The molecule has 0 bridgehead atoms. The zero-order valence-electron chi connectivity index (χ0n) is 20.9. The van der Waals surface area contributed by atoms with Crippen molar-refractivity contribution in [2.75, 3.05) is 20.3 Å². The summed E-state index contributed by atoms with van der Waals surface area (Å²) in [6, 6.07) is 18.1. The van der Waals surface area contributed by atoms with Crippen LogP contribution < -0.4 is 5.30 Å². The molecule has 0 aliphatic heterocycles. The SMILES string of the molecule is CCOP(=O)(OCC)c1ccc(C(CC(C)CC)(CC(C)C(=O)OC)c2ccccc2)cc1. The number of carbonyl (C=O) groups is 1. The minimum absolute atomic E-state index is 0.215. The molecule has 0 aromatic heterocycles. The molecule has 0 radical (unpaired) electrons. The van der Waals surface area contributed by atoms with Gasteiger partial charge in [-0.1, -0.05) is 69.7 Å². The first kappa shape index (κ1) is 27.3. The van der Waals surface area contributed by atoms with Crippen LogP contribution in [-0.4, -0.2) is 26.3 Å². The van der Waals surface area contributed by atoms with Crippen LogP contribution in [0.15, 0.2) is 54.6 Å². The van der Waals surface area contributed by atoms with Gasteiger partial charge in [-0.15, -0.1) is 0 Å². The van der Waals surface area contributed by atoms with Crippen molar-refractivity contribution in [3.63, 3.8) is 0 Å². The molecule has 5 nitrogen and oxygen atoms in total. The Hall–Kier alpha value is -1.94. The van der Waals surface area contributed by atoms with E-state index in [1.807, 2.05) is 49.4 Å². The molecule has 0 saturated heterocycles. The van der Waals surface area contributed by atoms with Crippen molar-refractivity contribution in [2.45, 2.75) is 59.3 Å². The minimum atomic E-state index is -3.37. The third kappa shape index (κ3) is 6.56. The quantitative estimate of drug-likeness (QED) is 0.245. The number of benzene rings is 2. The Morgan fingerprint density at radius 1 is 0.879 bits per heavy atom. The van der Waals surface area contributed by atoms with Crippen LogP contribution in [0.1, 0.15) is 65.0 Å². The highest BCUT2D eigenvalue weighted by Crippen LogP contribution is 2.48. The molecule has 2 aromatic carbocycles. The molecular weight excluding hydrogens is 435 g/mol. The van der Waals surface area contributed by atoms with Crippen molar-refractivity contribution < 1.29 is 23.1 Å². The van der Waals surface area contributed by atoms with Crippen LogP contribution >= 0.6 is 7.60 Å². The van der Waals surface area contributed by atoms with Crippen molar-refractivity contribution in [1.82, 2.24) is 0 Å². The number of hydrogen-bond acceptors (Lipinski definition) is 5. The summed E-state index contributed by atoms with van der Waals surface area (Å²) in [6.45, 7) is 10.6. The van der Waals surface area contributed by atoms with Gasteiger partial charge in [0.05, 0.1) is 31.5 Å². The lowest BCUT2D eigenvalue weighted by atomic mass is 9.64. The van der Waals surface area contributed by atoms with E-state index in [1.54, 1.807) is 13.8 Å². The van der Waals surface area contributed by atoms with E-state index in [-0.39, 0.29) is 11.9 Å². The third-order valence-electron chi connectivity index (χ3n) is 6.31. The van der Waals surface area contributed by atoms with E-state index in [9.17, 15) is 9.36 Å². The molecule has 0 heterocycles. The number of ether oxygens (including phenoxy) is 1. The van der Waals surface area contributed by atoms with E-state index >= 15 is 0 Å². The first-order valence-corrected chi connectivity index (χ1v) is 13.4. The molecular formula is C27H39O5P. The van der Waals surface area contributed by atoms with E-state index in [2.05, 4.69) is 26.0 Å².